The normalized spacial score (nSPS) is 16.1. The number of benzene rings is 3. The van der Waals surface area contributed by atoms with Crippen LogP contribution in [0.2, 0.25) is 0 Å². The molecule has 1 aliphatic rings. The van der Waals surface area contributed by atoms with Crippen molar-refractivity contribution in [3.8, 4) is 11.5 Å². The van der Waals surface area contributed by atoms with E-state index < -0.39 is 0 Å². The van der Waals surface area contributed by atoms with Crippen LogP contribution < -0.4 is 9.47 Å². The Morgan fingerprint density at radius 1 is 0.806 bits per heavy atom. The number of ether oxygens (including phenoxy) is 2. The van der Waals surface area contributed by atoms with E-state index in [1.165, 1.54) is 5.56 Å². The molecule has 1 heterocycles. The second-order valence-corrected chi connectivity index (χ2v) is 7.85. The summed E-state index contributed by atoms with van der Waals surface area (Å²) < 4.78 is 24.4. The third-order valence-electron chi connectivity index (χ3n) is 5.96. The van der Waals surface area contributed by atoms with Gasteiger partial charge in [-0.1, -0.05) is 48.5 Å². The zero-order chi connectivity index (χ0) is 21.6. The number of hydrogen-bond acceptors (Lipinski definition) is 4. The van der Waals surface area contributed by atoms with Gasteiger partial charge in [0.25, 0.3) is 0 Å². The lowest BCUT2D eigenvalue weighted by atomic mass is 9.96. The predicted molar refractivity (Wildman–Crippen MR) is 121 cm³/mol. The van der Waals surface area contributed by atoms with E-state index in [0.717, 1.165) is 55.3 Å². The Bertz CT molecular complexity index is 970. The summed E-state index contributed by atoms with van der Waals surface area (Å²) in [6.45, 7) is 4.64. The molecule has 3 aromatic rings. The summed E-state index contributed by atoms with van der Waals surface area (Å²) in [5.74, 6) is 1.46. The van der Waals surface area contributed by atoms with Crippen molar-refractivity contribution in [3.05, 3.63) is 95.3 Å². The molecule has 0 aliphatic carbocycles. The smallest absolute Gasteiger partial charge is 0.127 e. The topological polar surface area (TPSA) is 24.9 Å². The third-order valence-corrected chi connectivity index (χ3v) is 5.96. The monoisotopic (exact) mass is 420 g/mol. The minimum Gasteiger partial charge on any atom is -0.497 e. The number of piperazine rings is 1. The summed E-state index contributed by atoms with van der Waals surface area (Å²) in [6, 6.07) is 23.5. The number of methoxy groups -OCH3 is 2. The van der Waals surface area contributed by atoms with Crippen LogP contribution in [-0.4, -0.2) is 50.2 Å². The Labute approximate surface area is 183 Å². The highest BCUT2D eigenvalue weighted by Crippen LogP contribution is 2.31. The summed E-state index contributed by atoms with van der Waals surface area (Å²) >= 11 is 0. The number of hydrogen-bond donors (Lipinski definition) is 0. The van der Waals surface area contributed by atoms with Crippen molar-refractivity contribution in [2.45, 2.75) is 12.6 Å². The third kappa shape index (κ3) is 5.06. The average Bonchev–Trinajstić information content (AvgIpc) is 2.82. The molecule has 0 amide bonds. The highest BCUT2D eigenvalue weighted by molar-refractivity contribution is 5.40. The SMILES string of the molecule is COc1ccc(CN2CCN(C(c3ccccc3)c3ccc(F)cc3)CC2)c(OC)c1. The van der Waals surface area contributed by atoms with Crippen molar-refractivity contribution in [1.29, 1.82) is 0 Å². The summed E-state index contributed by atoms with van der Waals surface area (Å²) in [5.41, 5.74) is 3.52. The van der Waals surface area contributed by atoms with Crippen LogP contribution in [0.4, 0.5) is 4.39 Å². The van der Waals surface area contributed by atoms with E-state index in [4.69, 9.17) is 9.47 Å². The molecule has 4 nitrogen and oxygen atoms in total. The van der Waals surface area contributed by atoms with Gasteiger partial charge in [0.15, 0.2) is 0 Å². The summed E-state index contributed by atoms with van der Waals surface area (Å²) in [5, 5.41) is 0. The van der Waals surface area contributed by atoms with Crippen LogP contribution in [0.5, 0.6) is 11.5 Å². The lowest BCUT2D eigenvalue weighted by Crippen LogP contribution is -2.47. The molecule has 4 rings (SSSR count). The Kier molecular flexibility index (Phi) is 6.85. The van der Waals surface area contributed by atoms with Gasteiger partial charge in [0.1, 0.15) is 17.3 Å². The maximum Gasteiger partial charge on any atom is 0.127 e. The van der Waals surface area contributed by atoms with Crippen molar-refractivity contribution in [2.75, 3.05) is 40.4 Å². The highest BCUT2D eigenvalue weighted by Gasteiger charge is 2.26. The highest BCUT2D eigenvalue weighted by atomic mass is 19.1. The molecule has 0 aromatic heterocycles. The summed E-state index contributed by atoms with van der Waals surface area (Å²) in [4.78, 5) is 4.94. The Balaban J connectivity index is 1.47. The predicted octanol–water partition coefficient (Wildman–Crippen LogP) is 4.75. The van der Waals surface area contributed by atoms with E-state index in [0.29, 0.717) is 0 Å². The molecule has 0 saturated carbocycles. The van der Waals surface area contributed by atoms with Gasteiger partial charge >= 0.3 is 0 Å². The van der Waals surface area contributed by atoms with Gasteiger partial charge in [-0.2, -0.15) is 0 Å². The van der Waals surface area contributed by atoms with Crippen molar-refractivity contribution < 1.29 is 13.9 Å². The van der Waals surface area contributed by atoms with Gasteiger partial charge < -0.3 is 9.47 Å². The fourth-order valence-corrected chi connectivity index (χ4v) is 4.30. The van der Waals surface area contributed by atoms with Crippen LogP contribution >= 0.6 is 0 Å². The number of rotatable bonds is 7. The lowest BCUT2D eigenvalue weighted by molar-refractivity contribution is 0.104. The zero-order valence-electron chi connectivity index (χ0n) is 18.1. The number of nitrogens with zero attached hydrogens (tertiary/aromatic N) is 2. The molecule has 1 saturated heterocycles. The van der Waals surface area contributed by atoms with E-state index in [1.54, 1.807) is 26.4 Å². The molecule has 31 heavy (non-hydrogen) atoms. The van der Waals surface area contributed by atoms with Gasteiger partial charge in [0.2, 0.25) is 0 Å². The molecular weight excluding hydrogens is 391 g/mol. The molecule has 1 aliphatic heterocycles. The molecule has 1 unspecified atom stereocenters. The van der Waals surface area contributed by atoms with Crippen LogP contribution in [0, 0.1) is 5.82 Å². The van der Waals surface area contributed by atoms with Gasteiger partial charge in [-0.05, 0) is 29.3 Å². The van der Waals surface area contributed by atoms with Gasteiger partial charge in [0, 0.05) is 44.4 Å². The molecule has 162 valence electrons. The van der Waals surface area contributed by atoms with E-state index in [2.05, 4.69) is 40.1 Å². The molecule has 3 aromatic carbocycles. The van der Waals surface area contributed by atoms with Gasteiger partial charge in [-0.3, -0.25) is 9.80 Å². The summed E-state index contributed by atoms with van der Waals surface area (Å²) in [7, 11) is 3.36. The van der Waals surface area contributed by atoms with Gasteiger partial charge in [-0.25, -0.2) is 4.39 Å². The molecule has 0 bridgehead atoms. The first kappa shape index (κ1) is 21.3. The Morgan fingerprint density at radius 3 is 2.13 bits per heavy atom. The van der Waals surface area contributed by atoms with Crippen molar-refractivity contribution in [3.63, 3.8) is 0 Å². The van der Waals surface area contributed by atoms with Gasteiger partial charge in [-0.15, -0.1) is 0 Å². The van der Waals surface area contributed by atoms with Crippen LogP contribution in [0.25, 0.3) is 0 Å². The van der Waals surface area contributed by atoms with Crippen LogP contribution in [0.1, 0.15) is 22.7 Å². The quantitative estimate of drug-likeness (QED) is 0.551. The number of halogens is 1. The molecular formula is C26H29FN2O2. The van der Waals surface area contributed by atoms with Crippen LogP contribution in [0.15, 0.2) is 72.8 Å². The maximum atomic E-state index is 13.5. The molecule has 1 atom stereocenters. The van der Waals surface area contributed by atoms with Crippen LogP contribution in [0.3, 0.4) is 0 Å². The van der Waals surface area contributed by atoms with Gasteiger partial charge in [0.05, 0.1) is 20.3 Å². The fourth-order valence-electron chi connectivity index (χ4n) is 4.30. The van der Waals surface area contributed by atoms with E-state index in [9.17, 15) is 4.39 Å². The Morgan fingerprint density at radius 2 is 1.48 bits per heavy atom. The Hall–Kier alpha value is -2.89. The van der Waals surface area contributed by atoms with Crippen molar-refractivity contribution in [1.82, 2.24) is 9.80 Å². The molecule has 0 spiro atoms. The zero-order valence-corrected chi connectivity index (χ0v) is 18.1. The van der Waals surface area contributed by atoms with E-state index >= 15 is 0 Å². The average molecular weight is 421 g/mol. The standard InChI is InChI=1S/C26H29FN2O2/c1-30-24-13-10-22(25(18-24)31-2)19-28-14-16-29(17-15-28)26(20-6-4-3-5-7-20)21-8-11-23(27)12-9-21/h3-13,18,26H,14-17,19H2,1-2H3. The minimum absolute atomic E-state index is 0.125. The fraction of sp³-hybridized carbons (Fsp3) is 0.308. The summed E-state index contributed by atoms with van der Waals surface area (Å²) in [6.07, 6.45) is 0. The van der Waals surface area contributed by atoms with E-state index in [-0.39, 0.29) is 11.9 Å². The van der Waals surface area contributed by atoms with Crippen molar-refractivity contribution in [2.24, 2.45) is 0 Å². The minimum atomic E-state index is -0.200. The van der Waals surface area contributed by atoms with E-state index in [1.807, 2.05) is 30.3 Å². The van der Waals surface area contributed by atoms with Crippen molar-refractivity contribution >= 4 is 0 Å². The first-order valence-electron chi connectivity index (χ1n) is 10.7. The first-order valence-corrected chi connectivity index (χ1v) is 10.7. The molecule has 0 N–H and O–H groups in total. The van der Waals surface area contributed by atoms with Crippen LogP contribution in [-0.2, 0) is 6.54 Å². The second-order valence-electron chi connectivity index (χ2n) is 7.85. The molecule has 0 radical (unpaired) electrons. The largest absolute Gasteiger partial charge is 0.497 e. The second kappa shape index (κ2) is 9.94. The molecule has 1 fully saturated rings. The lowest BCUT2D eigenvalue weighted by Gasteiger charge is -2.40. The first-order chi connectivity index (χ1) is 15.2. The maximum absolute atomic E-state index is 13.5. The molecule has 5 heteroatoms.